The van der Waals surface area contributed by atoms with Crippen molar-refractivity contribution in [2.45, 2.75) is 58.0 Å². The molecule has 1 aliphatic carbocycles. The Kier molecular flexibility index (Phi) is 5.36. The molecular weight excluding hydrogens is 268 g/mol. The van der Waals surface area contributed by atoms with E-state index in [1.54, 1.807) is 0 Å². The lowest BCUT2D eigenvalue weighted by atomic mass is 9.75. The fraction of sp³-hybridized carbons (Fsp3) is 0.706. The van der Waals surface area contributed by atoms with Gasteiger partial charge in [0.1, 0.15) is 6.10 Å². The molecule has 1 saturated heterocycles. The van der Waals surface area contributed by atoms with E-state index in [2.05, 4.69) is 13.0 Å². The third-order valence-corrected chi connectivity index (χ3v) is 4.11. The third-order valence-electron chi connectivity index (χ3n) is 4.11. The third kappa shape index (κ3) is 3.82. The molecule has 2 fully saturated rings. The van der Waals surface area contributed by atoms with Gasteiger partial charge in [0.15, 0.2) is 11.6 Å². The van der Waals surface area contributed by atoms with Gasteiger partial charge in [-0.05, 0) is 32.6 Å². The summed E-state index contributed by atoms with van der Waals surface area (Å²) in [5.74, 6) is -1.14. The number of unbranched alkanes of at least 4 members (excludes halogenated alkanes) is 1. The van der Waals surface area contributed by atoms with Crippen LogP contribution in [0.15, 0.2) is 24.3 Å². The number of Topliss-reactive ketones (excluding diaryl/α,β-unsaturated/α-hetero) is 1. The minimum Gasteiger partial charge on any atom is -0.396 e. The van der Waals surface area contributed by atoms with Crippen molar-refractivity contribution in [2.75, 3.05) is 6.61 Å². The standard InChI is InChI=1S/C17H26O4/c1-4-5-6-7-8-9-12-10-14-16(15(19)13(12)11-18)21-17(2,3)20-14/h6-9,12-14,16,18H,4-5,10-11H2,1-3H3/b7-6+,9-8+/t12-,13-,14-,16-/m0/s1. The van der Waals surface area contributed by atoms with Crippen LogP contribution < -0.4 is 0 Å². The number of aliphatic hydroxyl groups is 1. The average Bonchev–Trinajstić information content (AvgIpc) is 2.74. The van der Waals surface area contributed by atoms with Gasteiger partial charge in [0, 0.05) is 0 Å². The maximum Gasteiger partial charge on any atom is 0.170 e. The van der Waals surface area contributed by atoms with Gasteiger partial charge < -0.3 is 14.6 Å². The Morgan fingerprint density at radius 1 is 1.33 bits per heavy atom. The molecule has 0 aromatic heterocycles. The Hall–Kier alpha value is -0.970. The van der Waals surface area contributed by atoms with Gasteiger partial charge in [0.2, 0.25) is 0 Å². The summed E-state index contributed by atoms with van der Waals surface area (Å²) >= 11 is 0. The van der Waals surface area contributed by atoms with E-state index >= 15 is 0 Å². The van der Waals surface area contributed by atoms with Crippen LogP contribution in [-0.2, 0) is 14.3 Å². The average molecular weight is 294 g/mol. The fourth-order valence-corrected chi connectivity index (χ4v) is 3.09. The van der Waals surface area contributed by atoms with Gasteiger partial charge >= 0.3 is 0 Å². The number of aliphatic hydroxyl groups excluding tert-OH is 1. The summed E-state index contributed by atoms with van der Waals surface area (Å²) in [5.41, 5.74) is 0. The molecule has 4 heteroatoms. The Morgan fingerprint density at radius 3 is 2.76 bits per heavy atom. The number of carbonyl (C=O) groups is 1. The second-order valence-electron chi connectivity index (χ2n) is 6.29. The SMILES string of the molecule is CCC/C=C/C=C/[C@H]1C[C@@H]2OC(C)(C)O[C@@H]2C(=O)[C@H]1CO. The van der Waals surface area contributed by atoms with Crippen molar-refractivity contribution in [2.24, 2.45) is 11.8 Å². The Morgan fingerprint density at radius 2 is 2.10 bits per heavy atom. The fourth-order valence-electron chi connectivity index (χ4n) is 3.09. The van der Waals surface area contributed by atoms with Crippen molar-refractivity contribution in [1.82, 2.24) is 0 Å². The Labute approximate surface area is 126 Å². The molecule has 2 aliphatic rings. The summed E-state index contributed by atoms with van der Waals surface area (Å²) in [6.45, 7) is 5.64. The predicted molar refractivity (Wildman–Crippen MR) is 80.7 cm³/mol. The lowest BCUT2D eigenvalue weighted by Crippen LogP contribution is -2.46. The molecule has 0 amide bonds. The molecule has 1 N–H and O–H groups in total. The van der Waals surface area contributed by atoms with Crippen molar-refractivity contribution >= 4 is 5.78 Å². The predicted octanol–water partition coefficient (Wildman–Crippen LogP) is 2.62. The van der Waals surface area contributed by atoms with Crippen LogP contribution >= 0.6 is 0 Å². The smallest absolute Gasteiger partial charge is 0.170 e. The molecule has 21 heavy (non-hydrogen) atoms. The van der Waals surface area contributed by atoms with Gasteiger partial charge in [-0.25, -0.2) is 0 Å². The molecule has 1 saturated carbocycles. The first-order valence-electron chi connectivity index (χ1n) is 7.82. The first-order chi connectivity index (χ1) is 9.98. The first kappa shape index (κ1) is 16.4. The zero-order chi connectivity index (χ0) is 15.5. The number of fused-ring (bicyclic) bond motifs is 1. The van der Waals surface area contributed by atoms with Crippen LogP contribution in [0.1, 0.15) is 40.0 Å². The van der Waals surface area contributed by atoms with Crippen LogP contribution in [0.4, 0.5) is 0 Å². The molecule has 4 atom stereocenters. The number of rotatable bonds is 5. The van der Waals surface area contributed by atoms with Crippen LogP contribution in [0.3, 0.4) is 0 Å². The van der Waals surface area contributed by atoms with Crippen LogP contribution in [0.25, 0.3) is 0 Å². The molecular formula is C17H26O4. The first-order valence-corrected chi connectivity index (χ1v) is 7.82. The van der Waals surface area contributed by atoms with E-state index in [0.29, 0.717) is 6.42 Å². The van der Waals surface area contributed by atoms with E-state index in [-0.39, 0.29) is 30.3 Å². The van der Waals surface area contributed by atoms with E-state index in [4.69, 9.17) is 9.47 Å². The summed E-state index contributed by atoms with van der Waals surface area (Å²) in [7, 11) is 0. The maximum atomic E-state index is 12.5. The van der Waals surface area contributed by atoms with Crippen molar-refractivity contribution in [3.63, 3.8) is 0 Å². The van der Waals surface area contributed by atoms with Crippen molar-refractivity contribution in [3.05, 3.63) is 24.3 Å². The number of ketones is 1. The zero-order valence-electron chi connectivity index (χ0n) is 13.1. The summed E-state index contributed by atoms with van der Waals surface area (Å²) in [6.07, 6.45) is 10.2. The van der Waals surface area contributed by atoms with Crippen LogP contribution in [0.5, 0.6) is 0 Å². The molecule has 0 unspecified atom stereocenters. The Bertz CT molecular complexity index is 425. The second-order valence-corrected chi connectivity index (χ2v) is 6.29. The largest absolute Gasteiger partial charge is 0.396 e. The van der Waals surface area contributed by atoms with Crippen LogP contribution in [-0.4, -0.2) is 35.5 Å². The quantitative estimate of drug-likeness (QED) is 0.792. The van der Waals surface area contributed by atoms with Crippen LogP contribution in [0.2, 0.25) is 0 Å². The number of hydrogen-bond donors (Lipinski definition) is 1. The molecule has 0 spiro atoms. The molecule has 0 aromatic rings. The van der Waals surface area contributed by atoms with Crippen LogP contribution in [0, 0.1) is 11.8 Å². The monoisotopic (exact) mass is 294 g/mol. The van der Waals surface area contributed by atoms with E-state index in [9.17, 15) is 9.90 Å². The molecule has 118 valence electrons. The van der Waals surface area contributed by atoms with Gasteiger partial charge in [-0.1, -0.05) is 37.6 Å². The summed E-state index contributed by atoms with van der Waals surface area (Å²) in [4.78, 5) is 12.5. The number of carbonyl (C=O) groups excluding carboxylic acids is 1. The number of hydrogen-bond acceptors (Lipinski definition) is 4. The van der Waals surface area contributed by atoms with Crippen molar-refractivity contribution in [3.8, 4) is 0 Å². The van der Waals surface area contributed by atoms with E-state index < -0.39 is 11.9 Å². The molecule has 0 bridgehead atoms. The highest BCUT2D eigenvalue weighted by Crippen LogP contribution is 2.40. The highest BCUT2D eigenvalue weighted by molar-refractivity contribution is 5.88. The number of ether oxygens (including phenoxy) is 2. The summed E-state index contributed by atoms with van der Waals surface area (Å²) in [5, 5.41) is 9.55. The van der Waals surface area contributed by atoms with Gasteiger partial charge in [0.05, 0.1) is 18.6 Å². The highest BCUT2D eigenvalue weighted by Gasteiger charge is 2.52. The molecule has 0 aromatic carbocycles. The van der Waals surface area contributed by atoms with Gasteiger partial charge in [-0.15, -0.1) is 0 Å². The van der Waals surface area contributed by atoms with Gasteiger partial charge in [-0.3, -0.25) is 4.79 Å². The molecule has 1 aliphatic heterocycles. The topological polar surface area (TPSA) is 55.8 Å². The summed E-state index contributed by atoms with van der Waals surface area (Å²) in [6, 6.07) is 0. The van der Waals surface area contributed by atoms with Crippen molar-refractivity contribution in [1.29, 1.82) is 0 Å². The van der Waals surface area contributed by atoms with Gasteiger partial charge in [0.25, 0.3) is 0 Å². The highest BCUT2D eigenvalue weighted by atomic mass is 16.8. The second kappa shape index (κ2) is 6.86. The Balaban J connectivity index is 2.06. The lowest BCUT2D eigenvalue weighted by molar-refractivity contribution is -0.155. The van der Waals surface area contributed by atoms with E-state index in [0.717, 1.165) is 12.8 Å². The molecule has 0 radical (unpaired) electrons. The molecule has 2 rings (SSSR count). The lowest BCUT2D eigenvalue weighted by Gasteiger charge is -2.32. The normalized spacial score (nSPS) is 35.7. The van der Waals surface area contributed by atoms with Crippen molar-refractivity contribution < 1.29 is 19.4 Å². The number of allylic oxidation sites excluding steroid dienone is 4. The zero-order valence-corrected chi connectivity index (χ0v) is 13.1. The van der Waals surface area contributed by atoms with Gasteiger partial charge in [-0.2, -0.15) is 0 Å². The molecule has 1 heterocycles. The van der Waals surface area contributed by atoms with E-state index in [1.807, 2.05) is 32.1 Å². The minimum atomic E-state index is -0.718. The van der Waals surface area contributed by atoms with E-state index in [1.165, 1.54) is 0 Å². The minimum absolute atomic E-state index is 0.00697. The maximum absolute atomic E-state index is 12.5. The summed E-state index contributed by atoms with van der Waals surface area (Å²) < 4.78 is 11.5. The molecule has 4 nitrogen and oxygen atoms in total.